The van der Waals surface area contributed by atoms with Crippen LogP contribution in [0.1, 0.15) is 36.9 Å². The van der Waals surface area contributed by atoms with Gasteiger partial charge in [0, 0.05) is 18.5 Å². The number of ketones is 1. The van der Waals surface area contributed by atoms with Crippen LogP contribution in [0.25, 0.3) is 0 Å². The molecule has 0 aliphatic rings. The van der Waals surface area contributed by atoms with Crippen LogP contribution in [0, 0.1) is 0 Å². The Bertz CT molecular complexity index is 417. The first-order valence-corrected chi connectivity index (χ1v) is 6.39. The highest BCUT2D eigenvalue weighted by molar-refractivity contribution is 7.12. The van der Waals surface area contributed by atoms with E-state index in [1.165, 1.54) is 17.4 Å². The lowest BCUT2D eigenvalue weighted by Gasteiger charge is -2.11. The van der Waals surface area contributed by atoms with Crippen molar-refractivity contribution >= 4 is 23.0 Å². The fourth-order valence-electron chi connectivity index (χ4n) is 1.41. The van der Waals surface area contributed by atoms with E-state index in [-0.39, 0.29) is 17.7 Å². The summed E-state index contributed by atoms with van der Waals surface area (Å²) in [6, 6.07) is 3.51. The summed E-state index contributed by atoms with van der Waals surface area (Å²) in [5.74, 6) is -0.0681. The minimum Gasteiger partial charge on any atom is -0.350 e. The average molecular weight is 251 g/mol. The molecule has 4 heteroatoms. The molecule has 1 atom stereocenters. The van der Waals surface area contributed by atoms with Crippen LogP contribution in [-0.4, -0.2) is 17.7 Å². The summed E-state index contributed by atoms with van der Waals surface area (Å²) < 4.78 is 0. The van der Waals surface area contributed by atoms with Crippen LogP contribution in [0.4, 0.5) is 0 Å². The highest BCUT2D eigenvalue weighted by atomic mass is 32.1. The molecule has 1 aromatic heterocycles. The Kier molecular flexibility index (Phi) is 5.10. The monoisotopic (exact) mass is 251 g/mol. The Morgan fingerprint density at radius 1 is 1.47 bits per heavy atom. The molecule has 0 aliphatic heterocycles. The molecular formula is C13H17NO2S. The summed E-state index contributed by atoms with van der Waals surface area (Å²) in [5, 5.41) is 4.65. The van der Waals surface area contributed by atoms with E-state index in [0.29, 0.717) is 6.42 Å². The van der Waals surface area contributed by atoms with Gasteiger partial charge in [-0.15, -0.1) is 11.3 Å². The Hall–Kier alpha value is -1.42. The molecule has 1 aromatic rings. The molecule has 0 fully saturated rings. The Morgan fingerprint density at radius 2 is 2.18 bits per heavy atom. The lowest BCUT2D eigenvalue weighted by Crippen LogP contribution is -2.33. The minimum atomic E-state index is -0.146. The molecule has 1 rings (SSSR count). The molecule has 17 heavy (non-hydrogen) atoms. The van der Waals surface area contributed by atoms with E-state index in [1.54, 1.807) is 6.07 Å². The van der Waals surface area contributed by atoms with E-state index >= 15 is 0 Å². The number of Topliss-reactive ketones (excluding diaryl/α,β-unsaturated/α-hetero) is 1. The quantitative estimate of drug-likeness (QED) is 0.646. The zero-order valence-corrected chi connectivity index (χ0v) is 11.1. The predicted octanol–water partition coefficient (Wildman–Crippen LogP) is 2.79. The van der Waals surface area contributed by atoms with Crippen molar-refractivity contribution in [1.29, 1.82) is 0 Å². The summed E-state index contributed by atoms with van der Waals surface area (Å²) in [5.41, 5.74) is 0.944. The molecule has 0 bridgehead atoms. The van der Waals surface area contributed by atoms with Crippen molar-refractivity contribution in [2.45, 2.75) is 33.2 Å². The molecule has 1 N–H and O–H groups in total. The number of carbonyl (C=O) groups is 2. The van der Waals surface area contributed by atoms with Gasteiger partial charge in [0.1, 0.15) is 0 Å². The van der Waals surface area contributed by atoms with Gasteiger partial charge >= 0.3 is 0 Å². The Morgan fingerprint density at radius 3 is 2.71 bits per heavy atom. The largest absolute Gasteiger partial charge is 0.350 e. The topological polar surface area (TPSA) is 46.2 Å². The second-order valence-electron chi connectivity index (χ2n) is 4.24. The third kappa shape index (κ3) is 4.95. The van der Waals surface area contributed by atoms with Crippen LogP contribution >= 0.6 is 11.3 Å². The van der Waals surface area contributed by atoms with Crippen molar-refractivity contribution in [2.24, 2.45) is 0 Å². The molecule has 0 spiro atoms. The zero-order chi connectivity index (χ0) is 12.8. The maximum atomic E-state index is 11.8. The fourth-order valence-corrected chi connectivity index (χ4v) is 2.09. The highest BCUT2D eigenvalue weighted by Gasteiger charge is 2.13. The maximum Gasteiger partial charge on any atom is 0.244 e. The number of allylic oxidation sites excluding steroid dienone is 1. The van der Waals surface area contributed by atoms with Crippen molar-refractivity contribution in [3.63, 3.8) is 0 Å². The van der Waals surface area contributed by atoms with Crippen LogP contribution in [0.15, 0.2) is 29.2 Å². The van der Waals surface area contributed by atoms with Crippen LogP contribution in [-0.2, 0) is 4.79 Å². The normalized spacial score (nSPS) is 11.7. The zero-order valence-electron chi connectivity index (χ0n) is 10.3. The number of hydrogen-bond acceptors (Lipinski definition) is 3. The summed E-state index contributed by atoms with van der Waals surface area (Å²) in [7, 11) is 0. The first kappa shape index (κ1) is 13.6. The Balaban J connectivity index is 2.45. The first-order chi connectivity index (χ1) is 7.99. The van der Waals surface area contributed by atoms with Gasteiger partial charge in [-0.05, 0) is 32.2 Å². The standard InChI is InChI=1S/C13H17NO2S/c1-9(2)7-13(16)14-10(3)8-11(15)12-5-4-6-17-12/h4-7,10H,8H2,1-3H3,(H,14,16)/t10-/m0/s1. The third-order valence-electron chi connectivity index (χ3n) is 2.10. The predicted molar refractivity (Wildman–Crippen MR) is 70.3 cm³/mol. The molecule has 0 radical (unpaired) electrons. The number of thiophene rings is 1. The van der Waals surface area contributed by atoms with Crippen molar-refractivity contribution < 1.29 is 9.59 Å². The number of hydrogen-bond donors (Lipinski definition) is 1. The molecule has 1 heterocycles. The van der Waals surface area contributed by atoms with Gasteiger partial charge in [-0.25, -0.2) is 0 Å². The van der Waals surface area contributed by atoms with E-state index in [4.69, 9.17) is 0 Å². The summed E-state index contributed by atoms with van der Waals surface area (Å²) in [6.07, 6.45) is 1.87. The molecule has 0 aromatic carbocycles. The van der Waals surface area contributed by atoms with Gasteiger partial charge < -0.3 is 5.32 Å². The molecule has 3 nitrogen and oxygen atoms in total. The molecule has 1 amide bonds. The number of nitrogens with one attached hydrogen (secondary N) is 1. The fraction of sp³-hybridized carbons (Fsp3) is 0.385. The van der Waals surface area contributed by atoms with E-state index in [1.807, 2.05) is 32.2 Å². The summed E-state index contributed by atoms with van der Waals surface area (Å²) in [4.78, 5) is 23.9. The van der Waals surface area contributed by atoms with Crippen molar-refractivity contribution in [3.8, 4) is 0 Å². The van der Waals surface area contributed by atoms with Gasteiger partial charge in [-0.1, -0.05) is 11.6 Å². The van der Waals surface area contributed by atoms with Crippen molar-refractivity contribution in [1.82, 2.24) is 5.32 Å². The van der Waals surface area contributed by atoms with Crippen molar-refractivity contribution in [2.75, 3.05) is 0 Å². The van der Waals surface area contributed by atoms with Gasteiger partial charge in [0.15, 0.2) is 5.78 Å². The van der Waals surface area contributed by atoms with Gasteiger partial charge in [-0.3, -0.25) is 9.59 Å². The second-order valence-corrected chi connectivity index (χ2v) is 5.18. The molecule has 0 saturated heterocycles. The number of carbonyl (C=O) groups excluding carboxylic acids is 2. The van der Waals surface area contributed by atoms with Crippen LogP contribution in [0.5, 0.6) is 0 Å². The van der Waals surface area contributed by atoms with Gasteiger partial charge in [-0.2, -0.15) is 0 Å². The van der Waals surface area contributed by atoms with Gasteiger partial charge in [0.2, 0.25) is 5.91 Å². The molecule has 0 aliphatic carbocycles. The summed E-state index contributed by atoms with van der Waals surface area (Å²) >= 11 is 1.43. The van der Waals surface area contributed by atoms with E-state index in [0.717, 1.165) is 10.5 Å². The van der Waals surface area contributed by atoms with Gasteiger partial charge in [0.05, 0.1) is 4.88 Å². The minimum absolute atomic E-state index is 0.0741. The molecule has 92 valence electrons. The lowest BCUT2D eigenvalue weighted by molar-refractivity contribution is -0.117. The lowest BCUT2D eigenvalue weighted by atomic mass is 10.1. The van der Waals surface area contributed by atoms with E-state index in [9.17, 15) is 9.59 Å². The van der Waals surface area contributed by atoms with Crippen LogP contribution < -0.4 is 5.32 Å². The highest BCUT2D eigenvalue weighted by Crippen LogP contribution is 2.12. The molecule has 0 saturated carbocycles. The SMILES string of the molecule is CC(C)=CC(=O)N[C@@H](C)CC(=O)c1cccs1. The molecule has 0 unspecified atom stereocenters. The average Bonchev–Trinajstić information content (AvgIpc) is 2.67. The Labute approximate surface area is 106 Å². The maximum absolute atomic E-state index is 11.8. The van der Waals surface area contributed by atoms with Gasteiger partial charge in [0.25, 0.3) is 0 Å². The van der Waals surface area contributed by atoms with E-state index < -0.39 is 0 Å². The second kappa shape index (κ2) is 6.35. The molecular weight excluding hydrogens is 234 g/mol. The number of rotatable bonds is 5. The van der Waals surface area contributed by atoms with Crippen LogP contribution in [0.2, 0.25) is 0 Å². The smallest absolute Gasteiger partial charge is 0.244 e. The van der Waals surface area contributed by atoms with E-state index in [2.05, 4.69) is 5.32 Å². The first-order valence-electron chi connectivity index (χ1n) is 5.51. The third-order valence-corrected chi connectivity index (χ3v) is 3.01. The van der Waals surface area contributed by atoms with Crippen LogP contribution in [0.3, 0.4) is 0 Å². The number of amides is 1. The van der Waals surface area contributed by atoms with Crippen molar-refractivity contribution in [3.05, 3.63) is 34.0 Å². The summed E-state index contributed by atoms with van der Waals surface area (Å²) in [6.45, 7) is 5.56.